The average Bonchev–Trinajstić information content (AvgIpc) is 3.22. The van der Waals surface area contributed by atoms with E-state index in [4.69, 9.17) is 28.4 Å². The topological polar surface area (TPSA) is 110 Å². The maximum atomic E-state index is 13.4. The van der Waals surface area contributed by atoms with E-state index in [1.54, 1.807) is 74.5 Å². The second kappa shape index (κ2) is 18.0. The molecule has 0 saturated carbocycles. The summed E-state index contributed by atoms with van der Waals surface area (Å²) >= 11 is 0. The standard InChI is InChI=1S/C48H42O9S/c1-33(52-40-13-7-4-8-14-40)55-43-25-19-36(20-26-43)39-31-46(37-21-27-44(28-22-37)56-34(2)53-41-15-9-5-10-16-41)48(58(49,50)51)47(32-39)38-23-29-45(30-24-38)57-35(3)54-42-17-11-6-12-18-42/h4-35H,1-3H3,(H,49,50,51). The Hall–Kier alpha value is -6.75. The highest BCUT2D eigenvalue weighted by atomic mass is 32.2. The highest BCUT2D eigenvalue weighted by Crippen LogP contribution is 2.41. The third-order valence-corrected chi connectivity index (χ3v) is 9.86. The molecule has 0 aromatic heterocycles. The van der Waals surface area contributed by atoms with Crippen molar-refractivity contribution >= 4 is 10.1 Å². The Morgan fingerprint density at radius 2 is 0.621 bits per heavy atom. The predicted octanol–water partition coefficient (Wildman–Crippen LogP) is 11.3. The molecule has 0 fully saturated rings. The maximum Gasteiger partial charge on any atom is 0.295 e. The Labute approximate surface area is 338 Å². The fourth-order valence-corrected chi connectivity index (χ4v) is 7.28. The average molecular weight is 795 g/mol. The number of para-hydroxylation sites is 3. The molecule has 0 heterocycles. The number of benzene rings is 7. The third kappa shape index (κ3) is 10.4. The highest BCUT2D eigenvalue weighted by Gasteiger charge is 2.25. The van der Waals surface area contributed by atoms with Gasteiger partial charge in [-0.15, -0.1) is 0 Å². The molecule has 0 aliphatic carbocycles. The number of ether oxygens (including phenoxy) is 6. The summed E-state index contributed by atoms with van der Waals surface area (Å²) in [7, 11) is -4.77. The molecule has 0 bridgehead atoms. The van der Waals surface area contributed by atoms with Gasteiger partial charge in [0.2, 0.25) is 18.9 Å². The normalized spacial score (nSPS) is 12.8. The zero-order valence-electron chi connectivity index (χ0n) is 32.1. The summed E-state index contributed by atoms with van der Waals surface area (Å²) in [4.78, 5) is -0.244. The molecule has 3 atom stereocenters. The van der Waals surface area contributed by atoms with Gasteiger partial charge in [0.1, 0.15) is 39.4 Å². The van der Waals surface area contributed by atoms with E-state index in [2.05, 4.69) is 0 Å². The molecule has 0 amide bonds. The van der Waals surface area contributed by atoms with E-state index >= 15 is 0 Å². The minimum absolute atomic E-state index is 0.244. The number of rotatable bonds is 16. The van der Waals surface area contributed by atoms with Crippen molar-refractivity contribution in [2.24, 2.45) is 0 Å². The summed E-state index contributed by atoms with van der Waals surface area (Å²) in [6.45, 7) is 5.38. The molecule has 0 aliphatic rings. The molecule has 10 heteroatoms. The molecule has 294 valence electrons. The van der Waals surface area contributed by atoms with Crippen molar-refractivity contribution < 1.29 is 41.4 Å². The molecule has 7 aromatic rings. The van der Waals surface area contributed by atoms with Gasteiger partial charge in [0.15, 0.2) is 0 Å². The van der Waals surface area contributed by atoms with E-state index in [0.717, 1.165) is 5.56 Å². The molecular formula is C48H42O9S. The summed E-state index contributed by atoms with van der Waals surface area (Å²) in [6.07, 6.45) is -1.76. The van der Waals surface area contributed by atoms with Crippen LogP contribution >= 0.6 is 0 Å². The second-order valence-corrected chi connectivity index (χ2v) is 14.7. The van der Waals surface area contributed by atoms with E-state index < -0.39 is 29.0 Å². The Bertz CT molecular complexity index is 2380. The minimum Gasteiger partial charge on any atom is -0.455 e. The predicted molar refractivity (Wildman–Crippen MR) is 224 cm³/mol. The molecule has 3 unspecified atom stereocenters. The lowest BCUT2D eigenvalue weighted by atomic mass is 9.93. The fourth-order valence-electron chi connectivity index (χ4n) is 6.37. The Kier molecular flexibility index (Phi) is 12.3. The quantitative estimate of drug-likeness (QED) is 0.0755. The molecule has 7 aromatic carbocycles. The molecule has 1 N–H and O–H groups in total. The lowest BCUT2D eigenvalue weighted by molar-refractivity contribution is 0.0219. The molecular weight excluding hydrogens is 753 g/mol. The van der Waals surface area contributed by atoms with Crippen LogP contribution in [0, 0.1) is 0 Å². The lowest BCUT2D eigenvalue weighted by Crippen LogP contribution is -2.19. The summed E-state index contributed by atoms with van der Waals surface area (Å²) in [6, 6.07) is 52.9. The number of hydrogen-bond acceptors (Lipinski definition) is 8. The van der Waals surface area contributed by atoms with Crippen LogP contribution in [0.25, 0.3) is 33.4 Å². The zero-order chi connectivity index (χ0) is 40.5. The smallest absolute Gasteiger partial charge is 0.295 e. The summed E-state index contributed by atoms with van der Waals surface area (Å²) in [5.41, 5.74) is 3.16. The SMILES string of the molecule is CC(Oc1ccccc1)Oc1ccc(-c2cc(-c3ccc(OC(C)Oc4ccccc4)cc3)c(S(=O)(=O)O)c(-c3ccc(OC(C)Oc4ccccc4)cc3)c2)cc1. The van der Waals surface area contributed by atoms with Gasteiger partial charge in [-0.1, -0.05) is 91.0 Å². The first-order valence-corrected chi connectivity index (χ1v) is 20.1. The first kappa shape index (κ1) is 39.5. The Morgan fingerprint density at radius 3 is 0.897 bits per heavy atom. The van der Waals surface area contributed by atoms with Gasteiger partial charge in [0.05, 0.1) is 0 Å². The Morgan fingerprint density at radius 1 is 0.362 bits per heavy atom. The van der Waals surface area contributed by atoms with Gasteiger partial charge in [0.25, 0.3) is 10.1 Å². The van der Waals surface area contributed by atoms with Crippen molar-refractivity contribution in [3.63, 3.8) is 0 Å². The molecule has 58 heavy (non-hydrogen) atoms. The highest BCUT2D eigenvalue weighted by molar-refractivity contribution is 7.86. The molecule has 9 nitrogen and oxygen atoms in total. The molecule has 0 saturated heterocycles. The molecule has 7 rings (SSSR count). The van der Waals surface area contributed by atoms with Crippen LogP contribution in [-0.4, -0.2) is 31.8 Å². The van der Waals surface area contributed by atoms with Crippen molar-refractivity contribution in [1.29, 1.82) is 0 Å². The lowest BCUT2D eigenvalue weighted by Gasteiger charge is -2.19. The summed E-state index contributed by atoms with van der Waals surface area (Å²) in [5.74, 6) is 3.63. The van der Waals surface area contributed by atoms with Crippen molar-refractivity contribution in [1.82, 2.24) is 0 Å². The van der Waals surface area contributed by atoms with Crippen LogP contribution in [0.3, 0.4) is 0 Å². The largest absolute Gasteiger partial charge is 0.455 e. The molecule has 0 radical (unpaired) electrons. The van der Waals surface area contributed by atoms with Gasteiger partial charge >= 0.3 is 0 Å². The minimum atomic E-state index is -4.77. The van der Waals surface area contributed by atoms with Gasteiger partial charge < -0.3 is 28.4 Å². The van der Waals surface area contributed by atoms with Crippen molar-refractivity contribution in [2.75, 3.05) is 0 Å². The summed E-state index contributed by atoms with van der Waals surface area (Å²) < 4.78 is 73.2. The van der Waals surface area contributed by atoms with Crippen LogP contribution in [0.5, 0.6) is 34.5 Å². The first-order chi connectivity index (χ1) is 28.1. The van der Waals surface area contributed by atoms with Crippen molar-refractivity contribution in [2.45, 2.75) is 44.5 Å². The first-order valence-electron chi connectivity index (χ1n) is 18.7. The van der Waals surface area contributed by atoms with E-state index in [1.807, 2.05) is 122 Å². The maximum absolute atomic E-state index is 13.4. The third-order valence-electron chi connectivity index (χ3n) is 8.91. The van der Waals surface area contributed by atoms with E-state index in [-0.39, 0.29) is 4.90 Å². The summed E-state index contributed by atoms with van der Waals surface area (Å²) in [5, 5.41) is 0. The van der Waals surface area contributed by atoms with Gasteiger partial charge in [-0.05, 0) is 107 Å². The van der Waals surface area contributed by atoms with Crippen molar-refractivity contribution in [3.05, 3.63) is 176 Å². The van der Waals surface area contributed by atoms with Crippen LogP contribution in [0.15, 0.2) is 181 Å². The monoisotopic (exact) mass is 794 g/mol. The van der Waals surface area contributed by atoms with Gasteiger partial charge in [-0.25, -0.2) is 0 Å². The van der Waals surface area contributed by atoms with Gasteiger partial charge in [-0.2, -0.15) is 8.42 Å². The second-order valence-electron chi connectivity index (χ2n) is 13.3. The van der Waals surface area contributed by atoms with Crippen molar-refractivity contribution in [3.8, 4) is 67.9 Å². The van der Waals surface area contributed by atoms with Crippen LogP contribution in [0.2, 0.25) is 0 Å². The zero-order valence-corrected chi connectivity index (χ0v) is 32.9. The molecule has 0 aliphatic heterocycles. The van der Waals surface area contributed by atoms with Crippen LogP contribution in [0.1, 0.15) is 20.8 Å². The van der Waals surface area contributed by atoms with E-state index in [9.17, 15) is 13.0 Å². The van der Waals surface area contributed by atoms with Crippen LogP contribution in [-0.2, 0) is 10.1 Å². The van der Waals surface area contributed by atoms with Gasteiger partial charge in [0, 0.05) is 31.9 Å². The fraction of sp³-hybridized carbons (Fsp3) is 0.125. The number of hydrogen-bond donors (Lipinski definition) is 1. The van der Waals surface area contributed by atoms with Gasteiger partial charge in [-0.3, -0.25) is 4.55 Å². The van der Waals surface area contributed by atoms with E-state index in [0.29, 0.717) is 62.3 Å². The van der Waals surface area contributed by atoms with Crippen LogP contribution in [0.4, 0.5) is 0 Å². The molecule has 0 spiro atoms. The van der Waals surface area contributed by atoms with E-state index in [1.165, 1.54) is 0 Å². The Balaban J connectivity index is 1.21. The van der Waals surface area contributed by atoms with Crippen LogP contribution < -0.4 is 28.4 Å².